The molecule has 3 N–H and O–H groups in total. The maximum absolute atomic E-state index is 11.6. The smallest absolute Gasteiger partial charge is 0.0910 e. The van der Waals surface area contributed by atoms with Crippen LogP contribution in [0.2, 0.25) is 0 Å². The number of hydrogen-bond acceptors (Lipinski definition) is 3. The van der Waals surface area contributed by atoms with Crippen molar-refractivity contribution in [2.75, 3.05) is 0 Å². The first-order valence-corrected chi connectivity index (χ1v) is 12.8. The monoisotopic (exact) mass is 418 g/mol. The third-order valence-electron chi connectivity index (χ3n) is 10.5. The zero-order valence-corrected chi connectivity index (χ0v) is 20.0. The van der Waals surface area contributed by atoms with E-state index < -0.39 is 11.7 Å². The molecule has 3 fully saturated rings. The van der Waals surface area contributed by atoms with Gasteiger partial charge in [-0.25, -0.2) is 0 Å². The minimum atomic E-state index is -1.00. The highest BCUT2D eigenvalue weighted by molar-refractivity contribution is 5.25. The van der Waals surface area contributed by atoms with Gasteiger partial charge in [0.05, 0.1) is 17.8 Å². The van der Waals surface area contributed by atoms with Gasteiger partial charge in [-0.2, -0.15) is 0 Å². The molecule has 0 aromatic heterocycles. The van der Waals surface area contributed by atoms with Crippen molar-refractivity contribution in [3.63, 3.8) is 0 Å². The predicted octanol–water partition coefficient (Wildman–Crippen LogP) is 5.47. The molecule has 3 saturated carbocycles. The fraction of sp³-hybridized carbons (Fsp3) is 0.926. The van der Waals surface area contributed by atoms with Crippen LogP contribution in [0.5, 0.6) is 0 Å². The maximum Gasteiger partial charge on any atom is 0.0910 e. The summed E-state index contributed by atoms with van der Waals surface area (Å²) in [6, 6.07) is 0. The summed E-state index contributed by atoms with van der Waals surface area (Å²) in [6.07, 6.45) is 12.1. The largest absolute Gasteiger partial charge is 0.393 e. The van der Waals surface area contributed by atoms with E-state index >= 15 is 0 Å². The second-order valence-corrected chi connectivity index (χ2v) is 12.5. The second kappa shape index (κ2) is 7.89. The number of hydrogen-bond donors (Lipinski definition) is 3. The zero-order valence-electron chi connectivity index (χ0n) is 20.0. The third kappa shape index (κ3) is 3.52. The molecule has 0 bridgehead atoms. The van der Waals surface area contributed by atoms with Gasteiger partial charge in [-0.3, -0.25) is 0 Å². The van der Waals surface area contributed by atoms with Crippen molar-refractivity contribution < 1.29 is 15.3 Å². The number of allylic oxidation sites excluding steroid dienone is 1. The van der Waals surface area contributed by atoms with Crippen LogP contribution in [0.3, 0.4) is 0 Å². The minimum absolute atomic E-state index is 0.124. The molecular weight excluding hydrogens is 372 g/mol. The fourth-order valence-electron chi connectivity index (χ4n) is 8.62. The molecule has 0 spiro atoms. The van der Waals surface area contributed by atoms with E-state index in [0.717, 1.165) is 44.4 Å². The minimum Gasteiger partial charge on any atom is -0.393 e. The van der Waals surface area contributed by atoms with E-state index in [9.17, 15) is 15.3 Å². The van der Waals surface area contributed by atoms with Gasteiger partial charge in [-0.1, -0.05) is 39.3 Å². The van der Waals surface area contributed by atoms with Crippen molar-refractivity contribution in [3.8, 4) is 0 Å². The highest BCUT2D eigenvalue weighted by Gasteiger charge is 2.62. The van der Waals surface area contributed by atoms with Gasteiger partial charge in [-0.05, 0) is 112 Å². The Labute approximate surface area is 184 Å². The Morgan fingerprint density at radius 1 is 1.07 bits per heavy atom. The van der Waals surface area contributed by atoms with E-state index in [1.807, 2.05) is 6.92 Å². The summed E-state index contributed by atoms with van der Waals surface area (Å²) in [6.45, 7) is 11.2. The molecule has 3 nitrogen and oxygen atoms in total. The molecule has 0 aromatic carbocycles. The van der Waals surface area contributed by atoms with Crippen LogP contribution < -0.4 is 0 Å². The van der Waals surface area contributed by atoms with Crippen LogP contribution in [-0.2, 0) is 0 Å². The summed E-state index contributed by atoms with van der Waals surface area (Å²) in [5.41, 5.74) is 0.914. The first-order valence-electron chi connectivity index (χ1n) is 12.8. The molecule has 0 radical (unpaired) electrons. The molecule has 0 aliphatic heterocycles. The van der Waals surface area contributed by atoms with Crippen LogP contribution in [0.15, 0.2) is 11.6 Å². The van der Waals surface area contributed by atoms with Gasteiger partial charge >= 0.3 is 0 Å². The molecule has 172 valence electrons. The average molecular weight is 419 g/mol. The van der Waals surface area contributed by atoms with Gasteiger partial charge in [0.15, 0.2) is 0 Å². The van der Waals surface area contributed by atoms with Gasteiger partial charge in [0.1, 0.15) is 0 Å². The van der Waals surface area contributed by atoms with Crippen LogP contribution in [-0.4, -0.2) is 33.1 Å². The van der Waals surface area contributed by atoms with Crippen molar-refractivity contribution in [3.05, 3.63) is 11.6 Å². The van der Waals surface area contributed by atoms with E-state index in [2.05, 4.69) is 33.8 Å². The van der Waals surface area contributed by atoms with Crippen molar-refractivity contribution in [2.45, 2.75) is 117 Å². The Morgan fingerprint density at radius 2 is 1.80 bits per heavy atom. The van der Waals surface area contributed by atoms with Crippen molar-refractivity contribution in [1.29, 1.82) is 0 Å². The maximum atomic E-state index is 11.6. The highest BCUT2D eigenvalue weighted by atomic mass is 16.3. The molecule has 0 aromatic rings. The molecule has 3 heteroatoms. The Morgan fingerprint density at radius 3 is 2.50 bits per heavy atom. The standard InChI is InChI=1S/C27H46O3/c1-17(2)6-11-24(29)27(5,30)23-10-9-21-20-8-7-18-16-19(28)12-14-25(18,3)22(20)13-15-26(21,23)4/h7,17,19-24,28-30H,6,8-16H2,1-5H3/t19-,20-,21-,22-,23-,24+,25-,26-,27?/m0/s1. The zero-order chi connectivity index (χ0) is 21.9. The normalized spacial score (nSPS) is 46.4. The first kappa shape index (κ1) is 22.8. The Balaban J connectivity index is 1.55. The molecule has 1 unspecified atom stereocenters. The molecule has 4 rings (SSSR count). The molecule has 0 heterocycles. The third-order valence-corrected chi connectivity index (χ3v) is 10.5. The van der Waals surface area contributed by atoms with E-state index in [1.165, 1.54) is 24.8 Å². The van der Waals surface area contributed by atoms with Crippen LogP contribution in [0, 0.1) is 40.4 Å². The van der Waals surface area contributed by atoms with Crippen molar-refractivity contribution in [2.24, 2.45) is 40.4 Å². The van der Waals surface area contributed by atoms with Crippen molar-refractivity contribution in [1.82, 2.24) is 0 Å². The van der Waals surface area contributed by atoms with E-state index in [4.69, 9.17) is 0 Å². The Bertz CT molecular complexity index is 667. The average Bonchev–Trinajstić information content (AvgIpc) is 3.04. The van der Waals surface area contributed by atoms with Gasteiger partial charge in [-0.15, -0.1) is 0 Å². The van der Waals surface area contributed by atoms with Gasteiger partial charge < -0.3 is 15.3 Å². The highest BCUT2D eigenvalue weighted by Crippen LogP contribution is 2.67. The lowest BCUT2D eigenvalue weighted by atomic mass is 9.46. The van der Waals surface area contributed by atoms with Gasteiger partial charge in [0.25, 0.3) is 0 Å². The number of fused-ring (bicyclic) bond motifs is 5. The SMILES string of the molecule is CC(C)CC[C@@H](O)C(C)(O)[C@H]1CC[C@H]2[C@@H]3CC=C4C[C@@H](O)CC[C@]4(C)[C@H]3CC[C@]12C. The number of aliphatic hydroxyl groups excluding tert-OH is 2. The van der Waals surface area contributed by atoms with Crippen LogP contribution in [0.25, 0.3) is 0 Å². The second-order valence-electron chi connectivity index (χ2n) is 12.5. The fourth-order valence-corrected chi connectivity index (χ4v) is 8.62. The quantitative estimate of drug-likeness (QED) is 0.519. The Hall–Kier alpha value is -0.380. The number of aliphatic hydroxyl groups is 3. The van der Waals surface area contributed by atoms with E-state index in [0.29, 0.717) is 24.2 Å². The lowest BCUT2D eigenvalue weighted by Crippen LogP contribution is -2.55. The van der Waals surface area contributed by atoms with E-state index in [1.54, 1.807) is 0 Å². The lowest BCUT2D eigenvalue weighted by molar-refractivity contribution is -0.151. The molecule has 4 aliphatic carbocycles. The topological polar surface area (TPSA) is 60.7 Å². The van der Waals surface area contributed by atoms with Crippen LogP contribution in [0.1, 0.15) is 98.8 Å². The molecule has 0 saturated heterocycles. The summed E-state index contributed by atoms with van der Waals surface area (Å²) in [5, 5.41) is 32.7. The Kier molecular flexibility index (Phi) is 5.99. The molecule has 4 aliphatic rings. The van der Waals surface area contributed by atoms with Gasteiger partial charge in [0, 0.05) is 0 Å². The molecular formula is C27H46O3. The molecule has 9 atom stereocenters. The van der Waals surface area contributed by atoms with Crippen molar-refractivity contribution >= 4 is 0 Å². The summed E-state index contributed by atoms with van der Waals surface area (Å²) in [5.74, 6) is 2.80. The first-order chi connectivity index (χ1) is 14.0. The van der Waals surface area contributed by atoms with E-state index in [-0.39, 0.29) is 22.9 Å². The molecule has 0 amide bonds. The summed E-state index contributed by atoms with van der Waals surface area (Å²) in [7, 11) is 0. The summed E-state index contributed by atoms with van der Waals surface area (Å²) < 4.78 is 0. The summed E-state index contributed by atoms with van der Waals surface area (Å²) in [4.78, 5) is 0. The number of rotatable bonds is 5. The molecule has 30 heavy (non-hydrogen) atoms. The summed E-state index contributed by atoms with van der Waals surface area (Å²) >= 11 is 0. The predicted molar refractivity (Wildman–Crippen MR) is 122 cm³/mol. The van der Waals surface area contributed by atoms with Crippen LogP contribution >= 0.6 is 0 Å². The van der Waals surface area contributed by atoms with Gasteiger partial charge in [0.2, 0.25) is 0 Å². The lowest BCUT2D eigenvalue weighted by Gasteiger charge is -2.59. The van der Waals surface area contributed by atoms with Crippen LogP contribution in [0.4, 0.5) is 0 Å².